The van der Waals surface area contributed by atoms with Crippen molar-refractivity contribution in [2.45, 2.75) is 65.0 Å². The minimum Gasteiger partial charge on any atom is -0.307 e. The molecular formula is C15H27N5. The number of hydrogen-bond donors (Lipinski definition) is 1. The van der Waals surface area contributed by atoms with Crippen molar-refractivity contribution in [1.29, 1.82) is 0 Å². The predicted octanol–water partition coefficient (Wildman–Crippen LogP) is 2.73. The average molecular weight is 277 g/mol. The standard InChI is InChI=1S/C15H27N5/c1-4-7-16-10(2)15-17-18-19-20(15)11(3)14-9-12-5-6-13(14)8-12/h10-14,16H,4-9H2,1-3H3. The molecule has 2 aliphatic carbocycles. The molecule has 1 heterocycles. The van der Waals surface area contributed by atoms with E-state index in [0.29, 0.717) is 6.04 Å². The van der Waals surface area contributed by atoms with E-state index in [-0.39, 0.29) is 6.04 Å². The Morgan fingerprint density at radius 3 is 2.80 bits per heavy atom. The molecule has 0 spiro atoms. The van der Waals surface area contributed by atoms with Crippen LogP contribution in [-0.4, -0.2) is 26.8 Å². The molecule has 1 aromatic rings. The second kappa shape index (κ2) is 5.80. The minimum atomic E-state index is 0.228. The van der Waals surface area contributed by atoms with Crippen LogP contribution in [0.5, 0.6) is 0 Å². The summed E-state index contributed by atoms with van der Waals surface area (Å²) < 4.78 is 2.08. The largest absolute Gasteiger partial charge is 0.307 e. The zero-order valence-electron chi connectivity index (χ0n) is 12.9. The number of nitrogens with one attached hydrogen (secondary N) is 1. The fourth-order valence-electron chi connectivity index (χ4n) is 4.29. The van der Waals surface area contributed by atoms with Crippen LogP contribution < -0.4 is 5.32 Å². The van der Waals surface area contributed by atoms with Gasteiger partial charge in [0.1, 0.15) is 0 Å². The molecule has 2 saturated carbocycles. The Morgan fingerprint density at radius 1 is 1.30 bits per heavy atom. The molecule has 1 N–H and O–H groups in total. The highest BCUT2D eigenvalue weighted by molar-refractivity contribution is 4.97. The van der Waals surface area contributed by atoms with Crippen molar-refractivity contribution in [2.24, 2.45) is 17.8 Å². The molecule has 5 atom stereocenters. The molecule has 2 fully saturated rings. The van der Waals surface area contributed by atoms with E-state index in [1.54, 1.807) is 0 Å². The van der Waals surface area contributed by atoms with Crippen molar-refractivity contribution in [3.8, 4) is 0 Å². The molecule has 0 radical (unpaired) electrons. The Kier molecular flexibility index (Phi) is 4.06. The fraction of sp³-hybridized carbons (Fsp3) is 0.933. The maximum atomic E-state index is 4.29. The topological polar surface area (TPSA) is 55.6 Å². The maximum absolute atomic E-state index is 4.29. The van der Waals surface area contributed by atoms with Crippen LogP contribution in [0.15, 0.2) is 0 Å². The van der Waals surface area contributed by atoms with Crippen molar-refractivity contribution >= 4 is 0 Å². The quantitative estimate of drug-likeness (QED) is 0.868. The van der Waals surface area contributed by atoms with Crippen molar-refractivity contribution in [3.05, 3.63) is 5.82 Å². The summed E-state index contributed by atoms with van der Waals surface area (Å²) in [6, 6.07) is 0.659. The third kappa shape index (κ3) is 2.48. The summed E-state index contributed by atoms with van der Waals surface area (Å²) in [5.41, 5.74) is 0. The molecule has 0 saturated heterocycles. The van der Waals surface area contributed by atoms with Crippen LogP contribution in [-0.2, 0) is 0 Å². The summed E-state index contributed by atoms with van der Waals surface area (Å²) in [6.07, 6.45) is 6.82. The lowest BCUT2D eigenvalue weighted by Crippen LogP contribution is -2.28. The van der Waals surface area contributed by atoms with Gasteiger partial charge in [-0.1, -0.05) is 13.3 Å². The van der Waals surface area contributed by atoms with E-state index in [4.69, 9.17) is 0 Å². The molecule has 3 rings (SSSR count). The van der Waals surface area contributed by atoms with Crippen molar-refractivity contribution in [1.82, 2.24) is 25.5 Å². The lowest BCUT2D eigenvalue weighted by Gasteiger charge is -2.29. The summed E-state index contributed by atoms with van der Waals surface area (Å²) in [6.45, 7) is 7.65. The number of tetrazole rings is 1. The molecule has 1 aromatic heterocycles. The number of fused-ring (bicyclic) bond motifs is 2. The van der Waals surface area contributed by atoms with Gasteiger partial charge in [0.05, 0.1) is 12.1 Å². The molecule has 112 valence electrons. The molecule has 2 bridgehead atoms. The van der Waals surface area contributed by atoms with Gasteiger partial charge in [0.2, 0.25) is 0 Å². The van der Waals surface area contributed by atoms with Crippen LogP contribution in [0.3, 0.4) is 0 Å². The molecule has 20 heavy (non-hydrogen) atoms. The van der Waals surface area contributed by atoms with Crippen LogP contribution in [0, 0.1) is 17.8 Å². The van der Waals surface area contributed by atoms with Gasteiger partial charge in [-0.05, 0) is 74.3 Å². The predicted molar refractivity (Wildman–Crippen MR) is 78.2 cm³/mol. The number of rotatable bonds is 6. The molecule has 5 unspecified atom stereocenters. The Morgan fingerprint density at radius 2 is 2.15 bits per heavy atom. The van der Waals surface area contributed by atoms with Crippen LogP contribution in [0.25, 0.3) is 0 Å². The van der Waals surface area contributed by atoms with Gasteiger partial charge in [-0.3, -0.25) is 0 Å². The van der Waals surface area contributed by atoms with Gasteiger partial charge in [-0.25, -0.2) is 4.68 Å². The summed E-state index contributed by atoms with van der Waals surface area (Å²) in [4.78, 5) is 0. The minimum absolute atomic E-state index is 0.228. The van der Waals surface area contributed by atoms with Crippen molar-refractivity contribution in [2.75, 3.05) is 6.54 Å². The van der Waals surface area contributed by atoms with E-state index in [2.05, 4.69) is 46.3 Å². The van der Waals surface area contributed by atoms with Gasteiger partial charge in [-0.2, -0.15) is 0 Å². The van der Waals surface area contributed by atoms with Gasteiger partial charge in [0.25, 0.3) is 0 Å². The van der Waals surface area contributed by atoms with Gasteiger partial charge >= 0.3 is 0 Å². The molecule has 0 amide bonds. The molecule has 5 heteroatoms. The fourth-order valence-corrected chi connectivity index (χ4v) is 4.29. The van der Waals surface area contributed by atoms with Gasteiger partial charge < -0.3 is 5.32 Å². The van der Waals surface area contributed by atoms with Crippen LogP contribution in [0.4, 0.5) is 0 Å². The SMILES string of the molecule is CCCNC(C)c1nnnn1C(C)C1CC2CCC1C2. The Labute approximate surface area is 121 Å². The number of aromatic nitrogens is 4. The zero-order valence-corrected chi connectivity index (χ0v) is 12.9. The number of hydrogen-bond acceptors (Lipinski definition) is 4. The van der Waals surface area contributed by atoms with Gasteiger partial charge in [-0.15, -0.1) is 5.10 Å². The van der Waals surface area contributed by atoms with E-state index >= 15 is 0 Å². The second-order valence-electron chi connectivity index (χ2n) is 6.74. The molecular weight excluding hydrogens is 250 g/mol. The van der Waals surface area contributed by atoms with Gasteiger partial charge in [0, 0.05) is 0 Å². The normalized spacial score (nSPS) is 31.6. The van der Waals surface area contributed by atoms with E-state index in [1.165, 1.54) is 25.7 Å². The first-order valence-corrected chi connectivity index (χ1v) is 8.21. The second-order valence-corrected chi connectivity index (χ2v) is 6.74. The molecule has 0 aromatic carbocycles. The zero-order chi connectivity index (χ0) is 14.1. The highest BCUT2D eigenvalue weighted by Crippen LogP contribution is 2.52. The first-order valence-electron chi connectivity index (χ1n) is 8.21. The Bertz CT molecular complexity index is 443. The lowest BCUT2D eigenvalue weighted by molar-refractivity contribution is 0.221. The van der Waals surface area contributed by atoms with E-state index < -0.39 is 0 Å². The van der Waals surface area contributed by atoms with Crippen LogP contribution >= 0.6 is 0 Å². The molecule has 5 nitrogen and oxygen atoms in total. The average Bonchev–Trinajstić information content (AvgIpc) is 3.18. The first-order chi connectivity index (χ1) is 9.70. The third-order valence-electron chi connectivity index (χ3n) is 5.40. The Hall–Kier alpha value is -0.970. The maximum Gasteiger partial charge on any atom is 0.168 e. The number of nitrogens with zero attached hydrogens (tertiary/aromatic N) is 4. The van der Waals surface area contributed by atoms with E-state index in [9.17, 15) is 0 Å². The van der Waals surface area contributed by atoms with E-state index in [1.807, 2.05) is 0 Å². The Balaban J connectivity index is 1.72. The van der Waals surface area contributed by atoms with Gasteiger partial charge in [0.15, 0.2) is 5.82 Å². The monoisotopic (exact) mass is 277 g/mol. The first kappa shape index (κ1) is 14.0. The van der Waals surface area contributed by atoms with Crippen molar-refractivity contribution < 1.29 is 0 Å². The van der Waals surface area contributed by atoms with Crippen LogP contribution in [0.1, 0.15) is 70.8 Å². The van der Waals surface area contributed by atoms with Crippen molar-refractivity contribution in [3.63, 3.8) is 0 Å². The van der Waals surface area contributed by atoms with E-state index in [0.717, 1.165) is 36.5 Å². The van der Waals surface area contributed by atoms with Crippen LogP contribution in [0.2, 0.25) is 0 Å². The summed E-state index contributed by atoms with van der Waals surface area (Å²) in [5, 5.41) is 16.0. The highest BCUT2D eigenvalue weighted by Gasteiger charge is 2.43. The lowest BCUT2D eigenvalue weighted by atomic mass is 9.84. The smallest absolute Gasteiger partial charge is 0.168 e. The summed E-state index contributed by atoms with van der Waals surface area (Å²) >= 11 is 0. The third-order valence-corrected chi connectivity index (χ3v) is 5.40. The summed E-state index contributed by atoms with van der Waals surface area (Å²) in [5.74, 6) is 3.65. The highest BCUT2D eigenvalue weighted by atomic mass is 15.6. The molecule has 0 aliphatic heterocycles. The molecule has 2 aliphatic rings. The summed E-state index contributed by atoms with van der Waals surface area (Å²) in [7, 11) is 0.